The van der Waals surface area contributed by atoms with Crippen molar-refractivity contribution in [2.75, 3.05) is 0 Å². The molecule has 2 nitrogen and oxygen atoms in total. The fourth-order valence-corrected chi connectivity index (χ4v) is 3.05. The Morgan fingerprint density at radius 1 is 0.520 bits per heavy atom. The standard InChI is InChI=1S/C23H18N2/c1-17-9-5-6-12-20(17)22-14-8-7-13-21(22)19-15-24-23(25-16-19)18-10-3-2-4-11-18/h2-16H,1H3. The first kappa shape index (κ1) is 15.3. The van der Waals surface area contributed by atoms with Crippen molar-refractivity contribution in [3.05, 3.63) is 96.8 Å². The minimum Gasteiger partial charge on any atom is -0.236 e. The lowest BCUT2D eigenvalue weighted by molar-refractivity contribution is 1.18. The number of aryl methyl sites for hydroxylation is 1. The second-order valence-electron chi connectivity index (χ2n) is 6.02. The van der Waals surface area contributed by atoms with E-state index in [0.717, 1.165) is 22.5 Å². The lowest BCUT2D eigenvalue weighted by atomic mass is 9.93. The van der Waals surface area contributed by atoms with Crippen molar-refractivity contribution < 1.29 is 0 Å². The SMILES string of the molecule is Cc1ccccc1-c1ccccc1-c1cnc(-c2ccccc2)nc1. The van der Waals surface area contributed by atoms with Gasteiger partial charge in [0.2, 0.25) is 0 Å². The largest absolute Gasteiger partial charge is 0.236 e. The molecule has 1 aromatic heterocycles. The molecule has 0 aliphatic carbocycles. The van der Waals surface area contributed by atoms with E-state index in [0.29, 0.717) is 0 Å². The summed E-state index contributed by atoms with van der Waals surface area (Å²) in [4.78, 5) is 9.14. The maximum absolute atomic E-state index is 4.57. The topological polar surface area (TPSA) is 25.8 Å². The van der Waals surface area contributed by atoms with Crippen LogP contribution in [0.4, 0.5) is 0 Å². The Bertz CT molecular complexity index is 990. The molecular formula is C23H18N2. The van der Waals surface area contributed by atoms with Crippen molar-refractivity contribution in [2.45, 2.75) is 6.92 Å². The van der Waals surface area contributed by atoms with Gasteiger partial charge in [0.25, 0.3) is 0 Å². The lowest BCUT2D eigenvalue weighted by Gasteiger charge is -2.12. The predicted octanol–water partition coefficient (Wildman–Crippen LogP) is 5.79. The van der Waals surface area contributed by atoms with Crippen LogP contribution >= 0.6 is 0 Å². The summed E-state index contributed by atoms with van der Waals surface area (Å²) in [6.45, 7) is 2.14. The summed E-state index contributed by atoms with van der Waals surface area (Å²) in [6.07, 6.45) is 3.82. The summed E-state index contributed by atoms with van der Waals surface area (Å²) in [6, 6.07) is 26.9. The first-order valence-corrected chi connectivity index (χ1v) is 8.36. The van der Waals surface area contributed by atoms with Gasteiger partial charge in [-0.1, -0.05) is 78.9 Å². The third kappa shape index (κ3) is 3.07. The third-order valence-corrected chi connectivity index (χ3v) is 4.36. The molecule has 0 aliphatic heterocycles. The van der Waals surface area contributed by atoms with Gasteiger partial charge in [0, 0.05) is 23.5 Å². The molecule has 2 heteroatoms. The van der Waals surface area contributed by atoms with Crippen LogP contribution in [-0.4, -0.2) is 9.97 Å². The molecule has 120 valence electrons. The van der Waals surface area contributed by atoms with E-state index >= 15 is 0 Å². The monoisotopic (exact) mass is 322 g/mol. The zero-order valence-electron chi connectivity index (χ0n) is 14.1. The Balaban J connectivity index is 1.78. The molecule has 25 heavy (non-hydrogen) atoms. The summed E-state index contributed by atoms with van der Waals surface area (Å²) in [7, 11) is 0. The van der Waals surface area contributed by atoms with E-state index in [4.69, 9.17) is 0 Å². The molecular weight excluding hydrogens is 304 g/mol. The van der Waals surface area contributed by atoms with Crippen LogP contribution in [0.3, 0.4) is 0 Å². The van der Waals surface area contributed by atoms with Crippen molar-refractivity contribution in [1.29, 1.82) is 0 Å². The summed E-state index contributed by atoms with van der Waals surface area (Å²) in [5.41, 5.74) is 6.91. The van der Waals surface area contributed by atoms with E-state index in [2.05, 4.69) is 65.4 Å². The van der Waals surface area contributed by atoms with Crippen LogP contribution in [0.1, 0.15) is 5.56 Å². The first-order chi connectivity index (χ1) is 12.3. The van der Waals surface area contributed by atoms with Gasteiger partial charge in [-0.15, -0.1) is 0 Å². The van der Waals surface area contributed by atoms with E-state index < -0.39 is 0 Å². The van der Waals surface area contributed by atoms with E-state index in [1.54, 1.807) is 0 Å². The van der Waals surface area contributed by atoms with Gasteiger partial charge in [0.05, 0.1) is 0 Å². The van der Waals surface area contributed by atoms with Crippen LogP contribution in [0.25, 0.3) is 33.6 Å². The zero-order valence-corrected chi connectivity index (χ0v) is 14.1. The van der Waals surface area contributed by atoms with Crippen molar-refractivity contribution in [3.63, 3.8) is 0 Å². The Hall–Kier alpha value is -3.26. The van der Waals surface area contributed by atoms with Crippen molar-refractivity contribution in [3.8, 4) is 33.6 Å². The van der Waals surface area contributed by atoms with Gasteiger partial charge in [-0.05, 0) is 29.2 Å². The Kier molecular flexibility index (Phi) is 4.09. The molecule has 0 bridgehead atoms. The van der Waals surface area contributed by atoms with Gasteiger partial charge in [0.15, 0.2) is 5.82 Å². The van der Waals surface area contributed by atoms with Crippen LogP contribution < -0.4 is 0 Å². The molecule has 1 heterocycles. The van der Waals surface area contributed by atoms with Gasteiger partial charge in [-0.3, -0.25) is 0 Å². The number of rotatable bonds is 3. The van der Waals surface area contributed by atoms with Gasteiger partial charge < -0.3 is 0 Å². The fourth-order valence-electron chi connectivity index (χ4n) is 3.05. The molecule has 0 atom stereocenters. The molecule has 0 radical (unpaired) electrons. The van der Waals surface area contributed by atoms with Crippen LogP contribution in [0, 0.1) is 6.92 Å². The van der Waals surface area contributed by atoms with Gasteiger partial charge in [-0.25, -0.2) is 9.97 Å². The molecule has 0 unspecified atom stereocenters. The molecule has 4 rings (SSSR count). The average molecular weight is 322 g/mol. The Labute approximate surface area is 147 Å². The highest BCUT2D eigenvalue weighted by Gasteiger charge is 2.10. The Morgan fingerprint density at radius 3 is 1.76 bits per heavy atom. The minimum absolute atomic E-state index is 0.748. The molecule has 0 fully saturated rings. The zero-order chi connectivity index (χ0) is 17.1. The Morgan fingerprint density at radius 2 is 1.08 bits per heavy atom. The number of nitrogens with zero attached hydrogens (tertiary/aromatic N) is 2. The quantitative estimate of drug-likeness (QED) is 0.477. The second kappa shape index (κ2) is 6.70. The smallest absolute Gasteiger partial charge is 0.159 e. The second-order valence-corrected chi connectivity index (χ2v) is 6.02. The first-order valence-electron chi connectivity index (χ1n) is 8.36. The van der Waals surface area contributed by atoms with E-state index in [-0.39, 0.29) is 0 Å². The molecule has 0 N–H and O–H groups in total. The average Bonchev–Trinajstić information content (AvgIpc) is 2.69. The van der Waals surface area contributed by atoms with Crippen molar-refractivity contribution >= 4 is 0 Å². The summed E-state index contributed by atoms with van der Waals surface area (Å²) < 4.78 is 0. The molecule has 3 aromatic carbocycles. The highest BCUT2D eigenvalue weighted by molar-refractivity contribution is 5.84. The van der Waals surface area contributed by atoms with Crippen LogP contribution in [-0.2, 0) is 0 Å². The van der Waals surface area contributed by atoms with Gasteiger partial charge in [0.1, 0.15) is 0 Å². The fraction of sp³-hybridized carbons (Fsp3) is 0.0435. The van der Waals surface area contributed by atoms with Crippen LogP contribution in [0.5, 0.6) is 0 Å². The maximum Gasteiger partial charge on any atom is 0.159 e. The van der Waals surface area contributed by atoms with Gasteiger partial charge >= 0.3 is 0 Å². The highest BCUT2D eigenvalue weighted by atomic mass is 14.9. The number of benzene rings is 3. The molecule has 0 saturated carbocycles. The minimum atomic E-state index is 0.748. The van der Waals surface area contributed by atoms with Crippen LogP contribution in [0.15, 0.2) is 91.3 Å². The normalized spacial score (nSPS) is 10.6. The molecule has 0 saturated heterocycles. The molecule has 0 amide bonds. The van der Waals surface area contributed by atoms with Gasteiger partial charge in [-0.2, -0.15) is 0 Å². The van der Waals surface area contributed by atoms with E-state index in [1.165, 1.54) is 16.7 Å². The predicted molar refractivity (Wildman–Crippen MR) is 103 cm³/mol. The van der Waals surface area contributed by atoms with Crippen LogP contribution in [0.2, 0.25) is 0 Å². The third-order valence-electron chi connectivity index (χ3n) is 4.36. The highest BCUT2D eigenvalue weighted by Crippen LogP contribution is 2.33. The maximum atomic E-state index is 4.57. The van der Waals surface area contributed by atoms with E-state index in [9.17, 15) is 0 Å². The molecule has 0 aliphatic rings. The lowest BCUT2D eigenvalue weighted by Crippen LogP contribution is -1.92. The molecule has 4 aromatic rings. The molecule has 0 spiro atoms. The van der Waals surface area contributed by atoms with E-state index in [1.807, 2.05) is 42.7 Å². The number of hydrogen-bond acceptors (Lipinski definition) is 2. The summed E-state index contributed by atoms with van der Waals surface area (Å²) >= 11 is 0. The van der Waals surface area contributed by atoms with Crippen molar-refractivity contribution in [2.24, 2.45) is 0 Å². The summed E-state index contributed by atoms with van der Waals surface area (Å²) in [5, 5.41) is 0. The number of aromatic nitrogens is 2. The number of hydrogen-bond donors (Lipinski definition) is 0. The summed E-state index contributed by atoms with van der Waals surface area (Å²) in [5.74, 6) is 0.748. The van der Waals surface area contributed by atoms with Crippen molar-refractivity contribution in [1.82, 2.24) is 9.97 Å².